The highest BCUT2D eigenvalue weighted by Crippen LogP contribution is 2.39. The molecule has 0 saturated carbocycles. The second-order valence-corrected chi connectivity index (χ2v) is 8.04. The second-order valence-electron chi connectivity index (χ2n) is 5.47. The standard InChI is InChI=1S/C16H15Cl2NO2S/c1-10-9-12-5-3-4-6-14(12)19(10)22(20,21)15-8-7-13(17)11(2)16(15)18/h3-8,10H,9H2,1-2H3. The summed E-state index contributed by atoms with van der Waals surface area (Å²) in [5.74, 6) is 0. The molecule has 1 heterocycles. The summed E-state index contributed by atoms with van der Waals surface area (Å²) in [4.78, 5) is 0.0969. The lowest BCUT2D eigenvalue weighted by molar-refractivity contribution is 0.584. The summed E-state index contributed by atoms with van der Waals surface area (Å²) in [6, 6.07) is 10.4. The predicted molar refractivity (Wildman–Crippen MR) is 90.5 cm³/mol. The molecule has 0 fully saturated rings. The van der Waals surface area contributed by atoms with Crippen LogP contribution in [0.25, 0.3) is 0 Å². The van der Waals surface area contributed by atoms with E-state index < -0.39 is 10.0 Å². The van der Waals surface area contributed by atoms with E-state index in [1.807, 2.05) is 31.2 Å². The molecule has 0 bridgehead atoms. The molecular formula is C16H15Cl2NO2S. The Bertz CT molecular complexity index is 849. The van der Waals surface area contributed by atoms with Crippen molar-refractivity contribution in [2.24, 2.45) is 0 Å². The molecule has 0 aromatic heterocycles. The molecular weight excluding hydrogens is 341 g/mol. The highest BCUT2D eigenvalue weighted by Gasteiger charge is 2.37. The van der Waals surface area contributed by atoms with Gasteiger partial charge in [0.1, 0.15) is 4.90 Å². The predicted octanol–water partition coefficient (Wildman–Crippen LogP) is 4.44. The Hall–Kier alpha value is -1.23. The van der Waals surface area contributed by atoms with E-state index >= 15 is 0 Å². The molecule has 22 heavy (non-hydrogen) atoms. The third-order valence-corrected chi connectivity index (χ3v) is 6.95. The van der Waals surface area contributed by atoms with E-state index in [1.54, 1.807) is 13.0 Å². The molecule has 0 saturated heterocycles. The Kier molecular flexibility index (Phi) is 3.87. The molecule has 0 spiro atoms. The number of para-hydroxylation sites is 1. The number of nitrogens with zero attached hydrogens (tertiary/aromatic N) is 1. The van der Waals surface area contributed by atoms with E-state index in [2.05, 4.69) is 0 Å². The molecule has 3 rings (SSSR count). The molecule has 116 valence electrons. The molecule has 3 nitrogen and oxygen atoms in total. The molecule has 0 radical (unpaired) electrons. The second kappa shape index (κ2) is 5.44. The van der Waals surface area contributed by atoms with Crippen molar-refractivity contribution in [2.75, 3.05) is 4.31 Å². The van der Waals surface area contributed by atoms with Crippen LogP contribution in [-0.4, -0.2) is 14.5 Å². The Balaban J connectivity index is 2.18. The van der Waals surface area contributed by atoms with Gasteiger partial charge in [0.05, 0.1) is 10.7 Å². The number of fused-ring (bicyclic) bond motifs is 1. The smallest absolute Gasteiger partial charge is 0.263 e. The van der Waals surface area contributed by atoms with Gasteiger partial charge in [-0.2, -0.15) is 0 Å². The number of hydrogen-bond donors (Lipinski definition) is 0. The fourth-order valence-corrected chi connectivity index (χ4v) is 5.33. The van der Waals surface area contributed by atoms with Crippen molar-refractivity contribution in [3.63, 3.8) is 0 Å². The number of hydrogen-bond acceptors (Lipinski definition) is 2. The molecule has 1 unspecified atom stereocenters. The Morgan fingerprint density at radius 1 is 1.14 bits per heavy atom. The van der Waals surface area contributed by atoms with E-state index in [4.69, 9.17) is 23.2 Å². The number of anilines is 1. The van der Waals surface area contributed by atoms with Crippen LogP contribution in [-0.2, 0) is 16.4 Å². The zero-order valence-corrected chi connectivity index (χ0v) is 14.5. The highest BCUT2D eigenvalue weighted by molar-refractivity contribution is 7.93. The SMILES string of the molecule is Cc1c(Cl)ccc(S(=O)(=O)N2c3ccccc3CC2C)c1Cl. The van der Waals surface area contributed by atoms with Crippen LogP contribution in [0.5, 0.6) is 0 Å². The lowest BCUT2D eigenvalue weighted by atomic mass is 10.1. The highest BCUT2D eigenvalue weighted by atomic mass is 35.5. The van der Waals surface area contributed by atoms with E-state index in [9.17, 15) is 8.42 Å². The van der Waals surface area contributed by atoms with Crippen molar-refractivity contribution >= 4 is 38.9 Å². The first-order valence-corrected chi connectivity index (χ1v) is 9.10. The Morgan fingerprint density at radius 2 is 1.82 bits per heavy atom. The first kappa shape index (κ1) is 15.7. The van der Waals surface area contributed by atoms with Crippen molar-refractivity contribution < 1.29 is 8.42 Å². The summed E-state index contributed by atoms with van der Waals surface area (Å²) in [6.45, 7) is 3.61. The topological polar surface area (TPSA) is 37.4 Å². The monoisotopic (exact) mass is 355 g/mol. The maximum Gasteiger partial charge on any atom is 0.266 e. The van der Waals surface area contributed by atoms with Gasteiger partial charge in [-0.15, -0.1) is 0 Å². The third kappa shape index (κ3) is 2.30. The largest absolute Gasteiger partial charge is 0.266 e. The average molecular weight is 356 g/mol. The number of sulfonamides is 1. The number of rotatable bonds is 2. The minimum absolute atomic E-state index is 0.0969. The zero-order chi connectivity index (χ0) is 16.1. The fourth-order valence-electron chi connectivity index (χ4n) is 2.85. The molecule has 2 aromatic rings. The normalized spacial score (nSPS) is 17.6. The molecule has 0 N–H and O–H groups in total. The minimum Gasteiger partial charge on any atom is -0.263 e. The van der Waals surface area contributed by atoms with E-state index in [1.165, 1.54) is 10.4 Å². The van der Waals surface area contributed by atoms with Gasteiger partial charge < -0.3 is 0 Å². The van der Waals surface area contributed by atoms with Crippen LogP contribution >= 0.6 is 23.2 Å². The number of halogens is 2. The van der Waals surface area contributed by atoms with Gasteiger partial charge in [-0.05, 0) is 49.6 Å². The van der Waals surface area contributed by atoms with Gasteiger partial charge in [0, 0.05) is 11.1 Å². The summed E-state index contributed by atoms with van der Waals surface area (Å²) in [5.41, 5.74) is 2.32. The van der Waals surface area contributed by atoms with Gasteiger partial charge in [-0.1, -0.05) is 41.4 Å². The fraction of sp³-hybridized carbons (Fsp3) is 0.250. The first-order valence-electron chi connectivity index (χ1n) is 6.91. The van der Waals surface area contributed by atoms with Crippen LogP contribution in [0.15, 0.2) is 41.3 Å². The summed E-state index contributed by atoms with van der Waals surface area (Å²) in [6.07, 6.45) is 0.694. The van der Waals surface area contributed by atoms with Crippen molar-refractivity contribution in [3.05, 3.63) is 57.6 Å². The Morgan fingerprint density at radius 3 is 2.55 bits per heavy atom. The van der Waals surface area contributed by atoms with E-state index in [-0.39, 0.29) is 16.0 Å². The van der Waals surface area contributed by atoms with Crippen molar-refractivity contribution in [2.45, 2.75) is 31.2 Å². The average Bonchev–Trinajstić information content (AvgIpc) is 2.80. The van der Waals surface area contributed by atoms with Gasteiger partial charge in [0.15, 0.2) is 0 Å². The summed E-state index contributed by atoms with van der Waals surface area (Å²) in [5, 5.41) is 0.642. The van der Waals surface area contributed by atoms with Crippen molar-refractivity contribution in [3.8, 4) is 0 Å². The van der Waals surface area contributed by atoms with E-state index in [0.29, 0.717) is 17.0 Å². The Labute approximate surface area is 140 Å². The minimum atomic E-state index is -3.73. The molecule has 0 aliphatic carbocycles. The zero-order valence-electron chi connectivity index (χ0n) is 12.2. The van der Waals surface area contributed by atoms with Crippen LogP contribution < -0.4 is 4.31 Å². The molecule has 0 amide bonds. The van der Waals surface area contributed by atoms with Gasteiger partial charge >= 0.3 is 0 Å². The van der Waals surface area contributed by atoms with Crippen LogP contribution in [0.1, 0.15) is 18.1 Å². The van der Waals surface area contributed by atoms with Crippen LogP contribution in [0, 0.1) is 6.92 Å². The quantitative estimate of drug-likeness (QED) is 0.798. The summed E-state index contributed by atoms with van der Waals surface area (Å²) >= 11 is 12.3. The number of benzene rings is 2. The summed E-state index contributed by atoms with van der Waals surface area (Å²) < 4.78 is 27.6. The first-order chi connectivity index (χ1) is 10.3. The third-order valence-electron chi connectivity index (χ3n) is 3.97. The van der Waals surface area contributed by atoms with Crippen LogP contribution in [0.4, 0.5) is 5.69 Å². The lowest BCUT2D eigenvalue weighted by Gasteiger charge is -2.25. The summed E-state index contributed by atoms with van der Waals surface area (Å²) in [7, 11) is -3.73. The molecule has 1 aliphatic heterocycles. The van der Waals surface area contributed by atoms with Crippen LogP contribution in [0.2, 0.25) is 10.0 Å². The molecule has 1 aliphatic rings. The molecule has 1 atom stereocenters. The molecule has 2 aromatic carbocycles. The van der Waals surface area contributed by atoms with E-state index in [0.717, 1.165) is 11.3 Å². The van der Waals surface area contributed by atoms with Crippen molar-refractivity contribution in [1.82, 2.24) is 0 Å². The maximum absolute atomic E-state index is 13.1. The lowest BCUT2D eigenvalue weighted by Crippen LogP contribution is -2.35. The van der Waals surface area contributed by atoms with Gasteiger partial charge in [0.25, 0.3) is 10.0 Å². The van der Waals surface area contributed by atoms with Gasteiger partial charge in [-0.3, -0.25) is 4.31 Å². The van der Waals surface area contributed by atoms with Gasteiger partial charge in [-0.25, -0.2) is 8.42 Å². The molecule has 6 heteroatoms. The van der Waals surface area contributed by atoms with Crippen LogP contribution in [0.3, 0.4) is 0 Å². The van der Waals surface area contributed by atoms with Gasteiger partial charge in [0.2, 0.25) is 0 Å². The van der Waals surface area contributed by atoms with Crippen molar-refractivity contribution in [1.29, 1.82) is 0 Å². The maximum atomic E-state index is 13.1.